The lowest BCUT2D eigenvalue weighted by Crippen LogP contribution is -2.37. The van der Waals surface area contributed by atoms with Gasteiger partial charge in [-0.25, -0.2) is 0 Å². The molecule has 1 N–H and O–H groups in total. The third kappa shape index (κ3) is 6.09. The summed E-state index contributed by atoms with van der Waals surface area (Å²) in [6.45, 7) is 8.82. The maximum absolute atomic E-state index is 12.2. The van der Waals surface area contributed by atoms with Crippen molar-refractivity contribution in [2.24, 2.45) is 0 Å². The minimum absolute atomic E-state index is 0.100. The molecule has 134 valence electrons. The maximum Gasteiger partial charge on any atom is 0.260 e. The number of carbonyl (C=O) groups is 1. The highest BCUT2D eigenvalue weighted by molar-refractivity contribution is 6.30. The van der Waals surface area contributed by atoms with Crippen LogP contribution in [0.2, 0.25) is 5.02 Å². The Morgan fingerprint density at radius 3 is 2.24 bits per heavy atom. The Morgan fingerprint density at radius 2 is 1.68 bits per heavy atom. The van der Waals surface area contributed by atoms with Crippen molar-refractivity contribution in [3.63, 3.8) is 0 Å². The fourth-order valence-corrected chi connectivity index (χ4v) is 2.54. The summed E-state index contributed by atoms with van der Waals surface area (Å²) in [5, 5.41) is 3.62. The average Bonchev–Trinajstić information content (AvgIpc) is 2.56. The first-order chi connectivity index (χ1) is 11.8. The molecule has 0 aliphatic carbocycles. The van der Waals surface area contributed by atoms with Crippen LogP contribution >= 0.6 is 11.6 Å². The lowest BCUT2D eigenvalue weighted by Gasteiger charge is -2.20. The average molecular weight is 360 g/mol. The van der Waals surface area contributed by atoms with Crippen molar-refractivity contribution < 1.29 is 9.53 Å². The highest BCUT2D eigenvalue weighted by Crippen LogP contribution is 2.24. The molecule has 0 fully saturated rings. The third-order valence-electron chi connectivity index (χ3n) is 4.03. The Morgan fingerprint density at radius 1 is 1.08 bits per heavy atom. The monoisotopic (exact) mass is 359 g/mol. The molecule has 0 spiro atoms. The van der Waals surface area contributed by atoms with Gasteiger partial charge in [0.25, 0.3) is 5.91 Å². The zero-order chi connectivity index (χ0) is 18.4. The summed E-state index contributed by atoms with van der Waals surface area (Å²) in [4.78, 5) is 12.2. The molecular formula is C21H26ClNO2. The van der Waals surface area contributed by atoms with Crippen LogP contribution < -0.4 is 10.1 Å². The first-order valence-corrected chi connectivity index (χ1v) is 8.93. The van der Waals surface area contributed by atoms with Crippen molar-refractivity contribution in [3.05, 3.63) is 64.7 Å². The van der Waals surface area contributed by atoms with Crippen molar-refractivity contribution >= 4 is 17.5 Å². The lowest BCUT2D eigenvalue weighted by atomic mass is 9.87. The molecule has 1 amide bonds. The van der Waals surface area contributed by atoms with Gasteiger partial charge in [-0.3, -0.25) is 4.79 Å². The predicted octanol–water partition coefficient (Wildman–Crippen LogP) is 4.76. The van der Waals surface area contributed by atoms with E-state index >= 15 is 0 Å². The number of ether oxygens (including phenoxy) is 1. The van der Waals surface area contributed by atoms with Crippen LogP contribution in [0.15, 0.2) is 48.5 Å². The van der Waals surface area contributed by atoms with Crippen molar-refractivity contribution in [1.82, 2.24) is 5.32 Å². The van der Waals surface area contributed by atoms with Gasteiger partial charge in [-0.05, 0) is 54.2 Å². The fourth-order valence-electron chi connectivity index (χ4n) is 2.42. The zero-order valence-corrected chi connectivity index (χ0v) is 16.1. The molecular weight excluding hydrogens is 334 g/mol. The number of amides is 1. The van der Waals surface area contributed by atoms with Crippen LogP contribution in [0.5, 0.6) is 5.75 Å². The number of rotatable bonds is 6. The molecule has 0 aliphatic heterocycles. The molecule has 0 saturated carbocycles. The Bertz CT molecular complexity index is 687. The largest absolute Gasteiger partial charge is 0.481 e. The van der Waals surface area contributed by atoms with Crippen LogP contribution in [0.1, 0.15) is 38.8 Å². The summed E-state index contributed by atoms with van der Waals surface area (Å²) in [7, 11) is 0. The number of hydrogen-bond donors (Lipinski definition) is 1. The second kappa shape index (κ2) is 8.39. The molecule has 3 nitrogen and oxygen atoms in total. The smallest absolute Gasteiger partial charge is 0.260 e. The van der Waals surface area contributed by atoms with E-state index in [-0.39, 0.29) is 11.3 Å². The summed E-state index contributed by atoms with van der Waals surface area (Å²) >= 11 is 5.86. The first kappa shape index (κ1) is 19.3. The van der Waals surface area contributed by atoms with E-state index in [9.17, 15) is 4.79 Å². The zero-order valence-electron chi connectivity index (χ0n) is 15.3. The standard InChI is InChI=1S/C21H26ClNO2/c1-15(25-19-11-7-17(8-12-19)21(2,3)4)20(24)23-14-13-16-5-9-18(22)10-6-16/h5-12,15H,13-14H2,1-4H3,(H,23,24). The Hall–Kier alpha value is -2.00. The minimum atomic E-state index is -0.536. The fraction of sp³-hybridized carbons (Fsp3) is 0.381. The van der Waals surface area contributed by atoms with Crippen molar-refractivity contribution in [3.8, 4) is 5.75 Å². The number of carbonyl (C=O) groups excluding carboxylic acids is 1. The van der Waals surface area contributed by atoms with E-state index in [1.165, 1.54) is 5.56 Å². The maximum atomic E-state index is 12.2. The van der Waals surface area contributed by atoms with Gasteiger partial charge >= 0.3 is 0 Å². The van der Waals surface area contributed by atoms with Gasteiger partial charge in [-0.15, -0.1) is 0 Å². The molecule has 0 heterocycles. The van der Waals surface area contributed by atoms with Crippen molar-refractivity contribution in [2.75, 3.05) is 6.54 Å². The summed E-state index contributed by atoms with van der Waals surface area (Å²) in [5.41, 5.74) is 2.47. The van der Waals surface area contributed by atoms with Gasteiger partial charge in [-0.2, -0.15) is 0 Å². The minimum Gasteiger partial charge on any atom is -0.481 e. The normalized spacial score (nSPS) is 12.5. The van der Waals surface area contributed by atoms with Crippen molar-refractivity contribution in [2.45, 2.75) is 45.6 Å². The van der Waals surface area contributed by atoms with Gasteiger partial charge in [0.1, 0.15) is 5.75 Å². The number of hydrogen-bond acceptors (Lipinski definition) is 2. The van der Waals surface area contributed by atoms with E-state index < -0.39 is 6.10 Å². The Balaban J connectivity index is 1.80. The Kier molecular flexibility index (Phi) is 6.49. The lowest BCUT2D eigenvalue weighted by molar-refractivity contribution is -0.127. The summed E-state index contributed by atoms with van der Waals surface area (Å²) < 4.78 is 5.73. The topological polar surface area (TPSA) is 38.3 Å². The second-order valence-corrected chi connectivity index (χ2v) is 7.64. The second-order valence-electron chi connectivity index (χ2n) is 7.20. The van der Waals surface area contributed by atoms with E-state index in [1.54, 1.807) is 6.92 Å². The van der Waals surface area contributed by atoms with Gasteiger partial charge < -0.3 is 10.1 Å². The summed E-state index contributed by atoms with van der Waals surface area (Å²) in [5.74, 6) is 0.585. The van der Waals surface area contributed by atoms with E-state index in [0.29, 0.717) is 17.3 Å². The van der Waals surface area contributed by atoms with Gasteiger partial charge in [0.2, 0.25) is 0 Å². The SMILES string of the molecule is CC(Oc1ccc(C(C)(C)C)cc1)C(=O)NCCc1ccc(Cl)cc1. The first-order valence-electron chi connectivity index (χ1n) is 8.55. The molecule has 0 radical (unpaired) electrons. The number of halogens is 1. The van der Waals surface area contributed by atoms with Crippen LogP contribution in [0, 0.1) is 0 Å². The number of benzene rings is 2. The van der Waals surface area contributed by atoms with Crippen molar-refractivity contribution in [1.29, 1.82) is 0 Å². The van der Waals surface area contributed by atoms with Crippen LogP contribution in [-0.4, -0.2) is 18.6 Å². The molecule has 1 unspecified atom stereocenters. The number of nitrogens with one attached hydrogen (secondary N) is 1. The van der Waals surface area contributed by atoms with Gasteiger partial charge in [0.15, 0.2) is 6.10 Å². The summed E-state index contributed by atoms with van der Waals surface area (Å²) in [6, 6.07) is 15.5. The van der Waals surface area contributed by atoms with Gasteiger partial charge in [0, 0.05) is 11.6 Å². The van der Waals surface area contributed by atoms with Crippen LogP contribution in [-0.2, 0) is 16.6 Å². The van der Waals surface area contributed by atoms with Gasteiger partial charge in [-0.1, -0.05) is 56.6 Å². The van der Waals surface area contributed by atoms with Crippen LogP contribution in [0.4, 0.5) is 0 Å². The summed E-state index contributed by atoms with van der Waals surface area (Å²) in [6.07, 6.45) is 0.223. The highest BCUT2D eigenvalue weighted by atomic mass is 35.5. The molecule has 2 aromatic rings. The molecule has 0 aliphatic rings. The van der Waals surface area contributed by atoms with E-state index in [2.05, 4.69) is 26.1 Å². The predicted molar refractivity (Wildman–Crippen MR) is 103 cm³/mol. The molecule has 0 bridgehead atoms. The molecule has 0 aromatic heterocycles. The van der Waals surface area contributed by atoms with E-state index in [1.807, 2.05) is 48.5 Å². The Labute approximate surface area is 155 Å². The molecule has 4 heteroatoms. The quantitative estimate of drug-likeness (QED) is 0.807. The molecule has 2 rings (SSSR count). The van der Waals surface area contributed by atoms with E-state index in [0.717, 1.165) is 12.0 Å². The van der Waals surface area contributed by atoms with Crippen LogP contribution in [0.25, 0.3) is 0 Å². The molecule has 2 aromatic carbocycles. The van der Waals surface area contributed by atoms with Gasteiger partial charge in [0.05, 0.1) is 0 Å². The molecule has 0 saturated heterocycles. The highest BCUT2D eigenvalue weighted by Gasteiger charge is 2.16. The molecule has 25 heavy (non-hydrogen) atoms. The van der Waals surface area contributed by atoms with Crippen LogP contribution in [0.3, 0.4) is 0 Å². The third-order valence-corrected chi connectivity index (χ3v) is 4.28. The van der Waals surface area contributed by atoms with E-state index in [4.69, 9.17) is 16.3 Å². The molecule has 1 atom stereocenters.